The van der Waals surface area contributed by atoms with E-state index in [0.717, 1.165) is 10.9 Å². The van der Waals surface area contributed by atoms with E-state index in [4.69, 9.17) is 16.3 Å². The lowest BCUT2D eigenvalue weighted by Gasteiger charge is -2.27. The Morgan fingerprint density at radius 1 is 1.42 bits per heavy atom. The SMILES string of the molecule is Cn1ncc2c(Cl)cc(C3(O)CCN(C(=O)OC(C)(C)C)C3)cc21. The second kappa shape index (κ2) is 5.63. The maximum absolute atomic E-state index is 12.2. The molecule has 7 heteroatoms. The van der Waals surface area contributed by atoms with Crippen molar-refractivity contribution in [3.8, 4) is 0 Å². The summed E-state index contributed by atoms with van der Waals surface area (Å²) in [7, 11) is 1.83. The predicted molar refractivity (Wildman–Crippen MR) is 92.0 cm³/mol. The summed E-state index contributed by atoms with van der Waals surface area (Å²) in [6.07, 6.45) is 1.73. The fourth-order valence-electron chi connectivity index (χ4n) is 2.99. The number of aryl methyl sites for hydroxylation is 1. The second-order valence-corrected chi connectivity index (χ2v) is 7.75. The number of carbonyl (C=O) groups excluding carboxylic acids is 1. The van der Waals surface area contributed by atoms with Gasteiger partial charge in [-0.15, -0.1) is 0 Å². The van der Waals surface area contributed by atoms with E-state index in [2.05, 4.69) is 5.10 Å². The van der Waals surface area contributed by atoms with Gasteiger partial charge >= 0.3 is 6.09 Å². The molecule has 1 aromatic heterocycles. The molecule has 6 nitrogen and oxygen atoms in total. The Labute approximate surface area is 145 Å². The Bertz CT molecular complexity index is 796. The largest absolute Gasteiger partial charge is 0.444 e. The number of aliphatic hydroxyl groups is 1. The first kappa shape index (κ1) is 17.0. The minimum absolute atomic E-state index is 0.182. The summed E-state index contributed by atoms with van der Waals surface area (Å²) in [5.74, 6) is 0. The van der Waals surface area contributed by atoms with Gasteiger partial charge in [0.25, 0.3) is 0 Å². The van der Waals surface area contributed by atoms with E-state index in [1.165, 1.54) is 4.90 Å². The summed E-state index contributed by atoms with van der Waals surface area (Å²) < 4.78 is 7.10. The molecule has 24 heavy (non-hydrogen) atoms. The second-order valence-electron chi connectivity index (χ2n) is 7.34. The van der Waals surface area contributed by atoms with Gasteiger partial charge in [0.2, 0.25) is 0 Å². The summed E-state index contributed by atoms with van der Waals surface area (Å²) in [5, 5.41) is 16.6. The molecule has 0 bridgehead atoms. The zero-order chi connectivity index (χ0) is 17.7. The first-order valence-corrected chi connectivity index (χ1v) is 8.29. The average Bonchev–Trinajstić information content (AvgIpc) is 3.03. The van der Waals surface area contributed by atoms with Crippen molar-refractivity contribution < 1.29 is 14.6 Å². The van der Waals surface area contributed by atoms with Crippen molar-refractivity contribution in [3.63, 3.8) is 0 Å². The number of hydrogen-bond acceptors (Lipinski definition) is 4. The van der Waals surface area contributed by atoms with E-state index in [0.29, 0.717) is 23.6 Å². The smallest absolute Gasteiger partial charge is 0.410 e. The molecule has 130 valence electrons. The van der Waals surface area contributed by atoms with Crippen molar-refractivity contribution in [2.75, 3.05) is 13.1 Å². The number of fused-ring (bicyclic) bond motifs is 1. The van der Waals surface area contributed by atoms with E-state index >= 15 is 0 Å². The topological polar surface area (TPSA) is 67.6 Å². The third-order valence-electron chi connectivity index (χ3n) is 4.25. The zero-order valence-corrected chi connectivity index (χ0v) is 15.1. The Balaban J connectivity index is 1.87. The number of halogens is 1. The van der Waals surface area contributed by atoms with Gasteiger partial charge in [0, 0.05) is 19.0 Å². The molecule has 2 aromatic rings. The fraction of sp³-hybridized carbons (Fsp3) is 0.529. The number of rotatable bonds is 1. The average molecular weight is 352 g/mol. The van der Waals surface area contributed by atoms with Crippen LogP contribution in [0.1, 0.15) is 32.8 Å². The molecule has 1 aliphatic heterocycles. The van der Waals surface area contributed by atoms with Crippen molar-refractivity contribution >= 4 is 28.6 Å². The quantitative estimate of drug-likeness (QED) is 0.857. The van der Waals surface area contributed by atoms with Gasteiger partial charge in [-0.3, -0.25) is 4.68 Å². The first-order chi connectivity index (χ1) is 11.1. The van der Waals surface area contributed by atoms with Crippen molar-refractivity contribution in [1.29, 1.82) is 0 Å². The number of hydrogen-bond donors (Lipinski definition) is 1. The standard InChI is InChI=1S/C17H22ClN3O3/c1-16(2,3)24-15(22)21-6-5-17(23,10-21)11-7-13(18)12-9-19-20(4)14(12)8-11/h7-9,23H,5-6,10H2,1-4H3. The van der Waals surface area contributed by atoms with Crippen LogP contribution in [0.3, 0.4) is 0 Å². The fourth-order valence-corrected chi connectivity index (χ4v) is 3.25. The van der Waals surface area contributed by atoms with Gasteiger partial charge in [-0.25, -0.2) is 4.79 Å². The third kappa shape index (κ3) is 3.08. The highest BCUT2D eigenvalue weighted by Crippen LogP contribution is 2.36. The normalized spacial score (nSPS) is 21.5. The minimum Gasteiger partial charge on any atom is -0.444 e. The summed E-state index contributed by atoms with van der Waals surface area (Å²) in [6, 6.07) is 3.64. The molecule has 1 saturated heterocycles. The molecule has 1 unspecified atom stereocenters. The lowest BCUT2D eigenvalue weighted by molar-refractivity contribution is 0.0140. The number of likely N-dealkylation sites (tertiary alicyclic amines) is 1. The Hall–Kier alpha value is -1.79. The van der Waals surface area contributed by atoms with E-state index in [1.807, 2.05) is 33.9 Å². The van der Waals surface area contributed by atoms with Crippen molar-refractivity contribution in [1.82, 2.24) is 14.7 Å². The summed E-state index contributed by atoms with van der Waals surface area (Å²) in [4.78, 5) is 13.8. The Morgan fingerprint density at radius 3 is 2.79 bits per heavy atom. The molecule has 1 N–H and O–H groups in total. The number of carbonyl (C=O) groups is 1. The zero-order valence-electron chi connectivity index (χ0n) is 14.3. The van der Waals surface area contributed by atoms with Crippen molar-refractivity contribution in [2.45, 2.75) is 38.4 Å². The molecule has 0 spiro atoms. The van der Waals surface area contributed by atoms with E-state index < -0.39 is 17.3 Å². The minimum atomic E-state index is -1.14. The highest BCUT2D eigenvalue weighted by Gasteiger charge is 2.41. The van der Waals surface area contributed by atoms with Gasteiger partial charge in [0.1, 0.15) is 11.2 Å². The van der Waals surface area contributed by atoms with Crippen LogP contribution in [0.15, 0.2) is 18.3 Å². The molecule has 1 fully saturated rings. The van der Waals surface area contributed by atoms with Crippen LogP contribution in [0.2, 0.25) is 5.02 Å². The van der Waals surface area contributed by atoms with Crippen LogP contribution in [-0.4, -0.2) is 44.6 Å². The monoisotopic (exact) mass is 351 g/mol. The molecule has 0 saturated carbocycles. The van der Waals surface area contributed by atoms with Crippen LogP contribution in [0.25, 0.3) is 10.9 Å². The predicted octanol–water partition coefficient (Wildman–Crippen LogP) is 3.06. The molecule has 0 radical (unpaired) electrons. The maximum atomic E-state index is 12.2. The molecule has 0 aliphatic carbocycles. The lowest BCUT2D eigenvalue weighted by Crippen LogP contribution is -2.38. The van der Waals surface area contributed by atoms with Crippen LogP contribution in [0.5, 0.6) is 0 Å². The van der Waals surface area contributed by atoms with Gasteiger partial charge in [0.15, 0.2) is 0 Å². The summed E-state index contributed by atoms with van der Waals surface area (Å²) in [5.41, 5.74) is -0.162. The maximum Gasteiger partial charge on any atom is 0.410 e. The Kier molecular flexibility index (Phi) is 4.00. The number of amides is 1. The third-order valence-corrected chi connectivity index (χ3v) is 4.57. The van der Waals surface area contributed by atoms with Gasteiger partial charge in [0.05, 0.1) is 23.3 Å². The van der Waals surface area contributed by atoms with Crippen LogP contribution in [0, 0.1) is 0 Å². The van der Waals surface area contributed by atoms with Crippen LogP contribution >= 0.6 is 11.6 Å². The molecule has 1 atom stereocenters. The van der Waals surface area contributed by atoms with Crippen molar-refractivity contribution in [2.24, 2.45) is 7.05 Å². The summed E-state index contributed by atoms with van der Waals surface area (Å²) in [6.45, 7) is 6.09. The molecule has 3 rings (SSSR count). The lowest BCUT2D eigenvalue weighted by atomic mass is 9.92. The van der Waals surface area contributed by atoms with E-state index in [1.54, 1.807) is 16.9 Å². The molecule has 1 aliphatic rings. The number of ether oxygens (including phenoxy) is 1. The number of aromatic nitrogens is 2. The van der Waals surface area contributed by atoms with Gasteiger partial charge in [-0.2, -0.15) is 5.10 Å². The summed E-state index contributed by atoms with van der Waals surface area (Å²) >= 11 is 6.33. The van der Waals surface area contributed by atoms with Crippen LogP contribution in [-0.2, 0) is 17.4 Å². The molecular weight excluding hydrogens is 330 g/mol. The van der Waals surface area contributed by atoms with Crippen LogP contribution < -0.4 is 0 Å². The highest BCUT2D eigenvalue weighted by atomic mass is 35.5. The molecule has 1 aromatic carbocycles. The van der Waals surface area contributed by atoms with E-state index in [-0.39, 0.29) is 6.54 Å². The first-order valence-electron chi connectivity index (χ1n) is 7.91. The van der Waals surface area contributed by atoms with Gasteiger partial charge in [-0.05, 0) is 44.9 Å². The van der Waals surface area contributed by atoms with Gasteiger partial charge < -0.3 is 14.7 Å². The molecular formula is C17H22ClN3O3. The van der Waals surface area contributed by atoms with E-state index in [9.17, 15) is 9.90 Å². The molecule has 1 amide bonds. The Morgan fingerprint density at radius 2 is 2.12 bits per heavy atom. The van der Waals surface area contributed by atoms with Crippen molar-refractivity contribution in [3.05, 3.63) is 28.9 Å². The molecule has 2 heterocycles. The van der Waals surface area contributed by atoms with Crippen LogP contribution in [0.4, 0.5) is 4.79 Å². The number of nitrogens with zero attached hydrogens (tertiary/aromatic N) is 3. The number of benzene rings is 1. The number of β-amino-alcohol motifs (C(OH)–C–C–N with tert-alkyl or cyclic N) is 1. The highest BCUT2D eigenvalue weighted by molar-refractivity contribution is 6.35. The van der Waals surface area contributed by atoms with Gasteiger partial charge in [-0.1, -0.05) is 11.6 Å².